The van der Waals surface area contributed by atoms with Crippen molar-refractivity contribution in [3.63, 3.8) is 0 Å². The van der Waals surface area contributed by atoms with Crippen molar-refractivity contribution in [3.05, 3.63) is 0 Å². The van der Waals surface area contributed by atoms with Gasteiger partial charge in [-0.15, -0.1) is 0 Å². The molecule has 0 aromatic rings. The maximum absolute atomic E-state index is 11.6. The highest BCUT2D eigenvalue weighted by molar-refractivity contribution is 5.76. The van der Waals surface area contributed by atoms with Crippen LogP contribution in [0, 0.1) is 5.41 Å². The molecule has 0 radical (unpaired) electrons. The molecule has 1 atom stereocenters. The molecule has 0 aromatic carbocycles. The molecular formula is C14H29NO2. The van der Waals surface area contributed by atoms with Gasteiger partial charge in [-0.1, -0.05) is 51.9 Å². The predicted molar refractivity (Wildman–Crippen MR) is 71.8 cm³/mol. The van der Waals surface area contributed by atoms with Crippen molar-refractivity contribution in [2.75, 3.05) is 13.7 Å². The molecule has 0 saturated heterocycles. The second-order valence-corrected chi connectivity index (χ2v) is 5.13. The summed E-state index contributed by atoms with van der Waals surface area (Å²) in [6.07, 6.45) is 9.63. The van der Waals surface area contributed by atoms with Gasteiger partial charge in [-0.3, -0.25) is 4.79 Å². The number of esters is 1. The Labute approximate surface area is 106 Å². The fourth-order valence-electron chi connectivity index (χ4n) is 2.01. The zero-order valence-corrected chi connectivity index (χ0v) is 11.8. The monoisotopic (exact) mass is 243 g/mol. The third-order valence-corrected chi connectivity index (χ3v) is 3.46. The van der Waals surface area contributed by atoms with Crippen molar-refractivity contribution in [3.8, 4) is 0 Å². The molecular weight excluding hydrogens is 214 g/mol. The zero-order chi connectivity index (χ0) is 13.1. The highest BCUT2D eigenvalue weighted by Gasteiger charge is 2.31. The largest absolute Gasteiger partial charge is 0.469 e. The molecule has 3 heteroatoms. The molecule has 0 aliphatic rings. The number of rotatable bonds is 10. The van der Waals surface area contributed by atoms with Crippen LogP contribution in [0.3, 0.4) is 0 Å². The van der Waals surface area contributed by atoms with Gasteiger partial charge in [0.1, 0.15) is 0 Å². The number of carbonyl (C=O) groups excluding carboxylic acids is 1. The summed E-state index contributed by atoms with van der Waals surface area (Å²) in [5, 5.41) is 0. The van der Waals surface area contributed by atoms with Gasteiger partial charge in [-0.2, -0.15) is 0 Å². The lowest BCUT2D eigenvalue weighted by Crippen LogP contribution is -2.36. The first kappa shape index (κ1) is 16.4. The fraction of sp³-hybridized carbons (Fsp3) is 0.929. The Bertz CT molecular complexity index is 206. The van der Waals surface area contributed by atoms with Gasteiger partial charge in [-0.05, 0) is 13.3 Å². The number of methoxy groups -OCH3 is 1. The third-order valence-electron chi connectivity index (χ3n) is 3.46. The summed E-state index contributed by atoms with van der Waals surface area (Å²) in [6.45, 7) is 4.49. The second kappa shape index (κ2) is 9.46. The van der Waals surface area contributed by atoms with Gasteiger partial charge in [0.2, 0.25) is 0 Å². The Balaban J connectivity index is 3.67. The van der Waals surface area contributed by atoms with E-state index in [0.29, 0.717) is 6.54 Å². The molecule has 0 bridgehead atoms. The molecule has 3 nitrogen and oxygen atoms in total. The van der Waals surface area contributed by atoms with Gasteiger partial charge >= 0.3 is 5.97 Å². The average Bonchev–Trinajstić information content (AvgIpc) is 2.36. The molecule has 0 amide bonds. The van der Waals surface area contributed by atoms with E-state index < -0.39 is 5.41 Å². The SMILES string of the molecule is CCCCCCCCCC(C)(CN)C(=O)OC. The second-order valence-electron chi connectivity index (χ2n) is 5.13. The van der Waals surface area contributed by atoms with Gasteiger partial charge in [0.25, 0.3) is 0 Å². The summed E-state index contributed by atoms with van der Waals surface area (Å²) in [7, 11) is 1.43. The molecule has 0 aliphatic carbocycles. The molecule has 0 aromatic heterocycles. The first-order valence-electron chi connectivity index (χ1n) is 6.89. The van der Waals surface area contributed by atoms with Crippen LogP contribution in [-0.2, 0) is 9.53 Å². The quantitative estimate of drug-likeness (QED) is 0.473. The maximum atomic E-state index is 11.6. The molecule has 2 N–H and O–H groups in total. The lowest BCUT2D eigenvalue weighted by molar-refractivity contribution is -0.151. The average molecular weight is 243 g/mol. The third kappa shape index (κ3) is 6.67. The van der Waals surface area contributed by atoms with Crippen molar-refractivity contribution in [1.82, 2.24) is 0 Å². The minimum absolute atomic E-state index is 0.175. The topological polar surface area (TPSA) is 52.3 Å². The van der Waals surface area contributed by atoms with E-state index in [9.17, 15) is 4.79 Å². The van der Waals surface area contributed by atoms with Crippen LogP contribution >= 0.6 is 0 Å². The van der Waals surface area contributed by atoms with E-state index in [-0.39, 0.29) is 5.97 Å². The van der Waals surface area contributed by atoms with Crippen LogP contribution in [0.25, 0.3) is 0 Å². The van der Waals surface area contributed by atoms with Gasteiger partial charge in [0, 0.05) is 6.54 Å². The zero-order valence-electron chi connectivity index (χ0n) is 11.8. The molecule has 0 spiro atoms. The first-order chi connectivity index (χ1) is 8.10. The Hall–Kier alpha value is -0.570. The van der Waals surface area contributed by atoms with Gasteiger partial charge in [-0.25, -0.2) is 0 Å². The van der Waals surface area contributed by atoms with Crippen LogP contribution in [0.5, 0.6) is 0 Å². The normalized spacial score (nSPS) is 14.4. The molecule has 0 heterocycles. The summed E-state index contributed by atoms with van der Waals surface area (Å²) >= 11 is 0. The van der Waals surface area contributed by atoms with E-state index >= 15 is 0 Å². The summed E-state index contributed by atoms with van der Waals surface area (Å²) in [5.41, 5.74) is 5.18. The van der Waals surface area contributed by atoms with E-state index in [4.69, 9.17) is 10.5 Å². The highest BCUT2D eigenvalue weighted by Crippen LogP contribution is 2.25. The van der Waals surface area contributed by atoms with Crippen molar-refractivity contribution in [1.29, 1.82) is 0 Å². The Kier molecular flexibility index (Phi) is 9.14. The Morgan fingerprint density at radius 3 is 2.12 bits per heavy atom. The summed E-state index contributed by atoms with van der Waals surface area (Å²) in [5.74, 6) is -0.175. The fourth-order valence-corrected chi connectivity index (χ4v) is 2.01. The van der Waals surface area contributed by atoms with E-state index in [0.717, 1.165) is 12.8 Å². The van der Waals surface area contributed by atoms with E-state index in [1.807, 2.05) is 6.92 Å². The van der Waals surface area contributed by atoms with Crippen molar-refractivity contribution in [2.24, 2.45) is 11.1 Å². The number of nitrogens with two attached hydrogens (primary N) is 1. The van der Waals surface area contributed by atoms with Crippen LogP contribution in [0.2, 0.25) is 0 Å². The number of hydrogen-bond acceptors (Lipinski definition) is 3. The Morgan fingerprint density at radius 1 is 1.12 bits per heavy atom. The maximum Gasteiger partial charge on any atom is 0.312 e. The number of unbranched alkanes of at least 4 members (excludes halogenated alkanes) is 6. The van der Waals surface area contributed by atoms with Crippen molar-refractivity contribution in [2.45, 2.75) is 65.2 Å². The minimum Gasteiger partial charge on any atom is -0.469 e. The van der Waals surface area contributed by atoms with Crippen LogP contribution in [0.15, 0.2) is 0 Å². The van der Waals surface area contributed by atoms with Gasteiger partial charge in [0.15, 0.2) is 0 Å². The molecule has 0 saturated carbocycles. The number of ether oxygens (including phenoxy) is 1. The van der Waals surface area contributed by atoms with E-state index in [2.05, 4.69) is 6.92 Å². The van der Waals surface area contributed by atoms with Crippen molar-refractivity contribution < 1.29 is 9.53 Å². The molecule has 1 unspecified atom stereocenters. The standard InChI is InChI=1S/C14H29NO2/c1-4-5-6-7-8-9-10-11-14(2,12-15)13(16)17-3/h4-12,15H2,1-3H3. The lowest BCUT2D eigenvalue weighted by Gasteiger charge is -2.24. The first-order valence-corrected chi connectivity index (χ1v) is 6.89. The summed E-state index contributed by atoms with van der Waals surface area (Å²) in [4.78, 5) is 11.6. The Morgan fingerprint density at radius 2 is 1.65 bits per heavy atom. The van der Waals surface area contributed by atoms with Crippen LogP contribution in [0.4, 0.5) is 0 Å². The smallest absolute Gasteiger partial charge is 0.312 e. The molecule has 0 fully saturated rings. The molecule has 0 aliphatic heterocycles. The van der Waals surface area contributed by atoms with Gasteiger partial charge < -0.3 is 10.5 Å². The molecule has 102 valence electrons. The van der Waals surface area contributed by atoms with Crippen LogP contribution < -0.4 is 5.73 Å². The van der Waals surface area contributed by atoms with E-state index in [1.165, 1.54) is 45.6 Å². The number of carbonyl (C=O) groups is 1. The van der Waals surface area contributed by atoms with Gasteiger partial charge in [0.05, 0.1) is 12.5 Å². The van der Waals surface area contributed by atoms with Crippen LogP contribution in [-0.4, -0.2) is 19.6 Å². The molecule has 0 rings (SSSR count). The number of hydrogen-bond donors (Lipinski definition) is 1. The lowest BCUT2D eigenvalue weighted by atomic mass is 9.84. The van der Waals surface area contributed by atoms with Crippen LogP contribution in [0.1, 0.15) is 65.2 Å². The summed E-state index contributed by atoms with van der Waals surface area (Å²) in [6, 6.07) is 0. The minimum atomic E-state index is -0.488. The molecule has 17 heavy (non-hydrogen) atoms. The van der Waals surface area contributed by atoms with Crippen molar-refractivity contribution >= 4 is 5.97 Å². The predicted octanol–water partition coefficient (Wildman–Crippen LogP) is 3.27. The summed E-state index contributed by atoms with van der Waals surface area (Å²) < 4.78 is 4.80. The highest BCUT2D eigenvalue weighted by atomic mass is 16.5. The van der Waals surface area contributed by atoms with E-state index in [1.54, 1.807) is 0 Å².